The molecular weight excluding hydrogens is 541 g/mol. The minimum absolute atomic E-state index is 0.00766. The lowest BCUT2D eigenvalue weighted by atomic mass is 9.93. The molecule has 0 radical (unpaired) electrons. The van der Waals surface area contributed by atoms with Gasteiger partial charge in [-0.1, -0.05) is 6.07 Å². The van der Waals surface area contributed by atoms with Crippen molar-refractivity contribution < 1.29 is 32.5 Å². The summed E-state index contributed by atoms with van der Waals surface area (Å²) in [6.07, 6.45) is 2.88. The summed E-state index contributed by atoms with van der Waals surface area (Å²) < 4.78 is 52.0. The van der Waals surface area contributed by atoms with Gasteiger partial charge in [0.05, 0.1) is 17.6 Å². The van der Waals surface area contributed by atoms with Gasteiger partial charge in [-0.2, -0.15) is 14.0 Å². The monoisotopic (exact) mass is 566 g/mol. The fourth-order valence-electron chi connectivity index (χ4n) is 4.86. The lowest BCUT2D eigenvalue weighted by Gasteiger charge is -2.31. The van der Waals surface area contributed by atoms with E-state index in [4.69, 9.17) is 10.00 Å². The number of hydrogen-bond acceptors (Lipinski definition) is 8. The van der Waals surface area contributed by atoms with Crippen LogP contribution in [0.25, 0.3) is 11.0 Å². The number of nitriles is 1. The van der Waals surface area contributed by atoms with Crippen molar-refractivity contribution in [2.24, 2.45) is 7.05 Å². The Balaban J connectivity index is 1.23. The van der Waals surface area contributed by atoms with Gasteiger partial charge in [-0.05, 0) is 44.1 Å². The topological polar surface area (TPSA) is 126 Å². The number of carbonyl (C=O) groups is 1. The minimum atomic E-state index is -3.11. The Morgan fingerprint density at radius 3 is 2.68 bits per heavy atom. The lowest BCUT2D eigenvalue weighted by molar-refractivity contribution is -0.0489. The van der Waals surface area contributed by atoms with E-state index >= 15 is 0 Å². The summed E-state index contributed by atoms with van der Waals surface area (Å²) in [7, 11) is 1.71. The molecule has 10 nitrogen and oxygen atoms in total. The van der Waals surface area contributed by atoms with E-state index in [2.05, 4.69) is 24.6 Å². The second kappa shape index (κ2) is 11.8. The first-order valence-corrected chi connectivity index (χ1v) is 12.8. The van der Waals surface area contributed by atoms with Gasteiger partial charge in [0.2, 0.25) is 5.88 Å². The molecule has 0 spiro atoms. The number of likely N-dealkylation sites (tertiary alicyclic amines) is 1. The molecule has 41 heavy (non-hydrogen) atoms. The highest BCUT2D eigenvalue weighted by Crippen LogP contribution is 2.32. The number of carboxylic acids is 1. The summed E-state index contributed by atoms with van der Waals surface area (Å²) in [5.74, 6) is -0.971. The molecule has 5 rings (SSSR count). The van der Waals surface area contributed by atoms with Crippen molar-refractivity contribution in [1.82, 2.24) is 24.4 Å². The number of ether oxygens (including phenoxy) is 2. The number of hydrogen-bond donors (Lipinski definition) is 1. The summed E-state index contributed by atoms with van der Waals surface area (Å²) in [4.78, 5) is 26.7. The predicted octanol–water partition coefficient (Wildman–Crippen LogP) is 4.63. The predicted molar refractivity (Wildman–Crippen MR) is 139 cm³/mol. The average molecular weight is 567 g/mol. The Labute approximate surface area is 232 Å². The molecule has 1 saturated heterocycles. The normalized spacial score (nSPS) is 14.3. The minimum Gasteiger partial charge on any atom is -0.478 e. The summed E-state index contributed by atoms with van der Waals surface area (Å²) in [5.41, 5.74) is 1.48. The van der Waals surface area contributed by atoms with Crippen LogP contribution in [0.2, 0.25) is 0 Å². The molecule has 0 bridgehead atoms. The second-order valence-electron chi connectivity index (χ2n) is 9.63. The van der Waals surface area contributed by atoms with Gasteiger partial charge in [-0.25, -0.2) is 24.1 Å². The number of carboxylic acid groups (broad SMARTS) is 1. The maximum absolute atomic E-state index is 14.1. The molecular formula is C28H25F3N6O4. The first kappa shape index (κ1) is 27.9. The lowest BCUT2D eigenvalue weighted by Crippen LogP contribution is -2.33. The number of aromatic carboxylic acids is 1. The third kappa shape index (κ3) is 6.22. The number of alkyl halides is 2. The van der Waals surface area contributed by atoms with Crippen LogP contribution in [-0.4, -0.2) is 55.2 Å². The number of benzene rings is 1. The SMILES string of the molecule is Cn1c(CN2CCC(c3cccc(OCc4cnc(C#N)cc4F)n3)CC2)nc2c(OC(F)F)cc(C(=O)O)cc21. The number of aryl methyl sites for hydroxylation is 1. The van der Waals surface area contributed by atoms with Gasteiger partial charge in [-0.15, -0.1) is 0 Å². The highest BCUT2D eigenvalue weighted by Gasteiger charge is 2.25. The third-order valence-electron chi connectivity index (χ3n) is 7.04. The van der Waals surface area contributed by atoms with Crippen molar-refractivity contribution in [2.75, 3.05) is 13.1 Å². The highest BCUT2D eigenvalue weighted by atomic mass is 19.3. The van der Waals surface area contributed by atoms with E-state index < -0.39 is 18.4 Å². The standard InChI is InChI=1S/C28H25F3N6O4/c1-36-22-9-17(27(38)39)10-23(41-28(30)31)26(22)35-24(36)14-37-7-5-16(6-8-37)21-3-2-4-25(34-21)40-15-18-13-33-19(12-32)11-20(18)29/h2-4,9-11,13,16,28H,5-8,14-15H2,1H3,(H,38,39). The van der Waals surface area contributed by atoms with Crippen molar-refractivity contribution in [3.63, 3.8) is 0 Å². The molecule has 4 aromatic rings. The molecule has 1 aliphatic rings. The molecule has 4 heterocycles. The zero-order chi connectivity index (χ0) is 29.1. The fraction of sp³-hybridized carbons (Fsp3) is 0.321. The van der Waals surface area contributed by atoms with Gasteiger partial charge < -0.3 is 19.1 Å². The second-order valence-corrected chi connectivity index (χ2v) is 9.63. The van der Waals surface area contributed by atoms with Crippen molar-refractivity contribution in [1.29, 1.82) is 5.26 Å². The fourth-order valence-corrected chi connectivity index (χ4v) is 4.86. The number of imidazole rings is 1. The quantitative estimate of drug-likeness (QED) is 0.309. The van der Waals surface area contributed by atoms with Crippen LogP contribution in [0.5, 0.6) is 11.6 Å². The molecule has 0 aliphatic carbocycles. The Bertz CT molecular complexity index is 1630. The first-order valence-electron chi connectivity index (χ1n) is 12.8. The summed E-state index contributed by atoms with van der Waals surface area (Å²) in [6, 6.07) is 10.8. The number of piperidine rings is 1. The van der Waals surface area contributed by atoms with Crippen molar-refractivity contribution in [3.05, 3.63) is 76.8 Å². The molecule has 1 N–H and O–H groups in total. The van der Waals surface area contributed by atoms with Crippen LogP contribution >= 0.6 is 0 Å². The van der Waals surface area contributed by atoms with E-state index in [0.717, 1.165) is 43.8 Å². The number of halogens is 3. The summed E-state index contributed by atoms with van der Waals surface area (Å²) >= 11 is 0. The van der Waals surface area contributed by atoms with E-state index in [1.807, 2.05) is 12.1 Å². The Morgan fingerprint density at radius 2 is 2.00 bits per heavy atom. The van der Waals surface area contributed by atoms with Crippen LogP contribution < -0.4 is 9.47 Å². The van der Waals surface area contributed by atoms with Gasteiger partial charge in [0.1, 0.15) is 35.5 Å². The zero-order valence-corrected chi connectivity index (χ0v) is 21.9. The average Bonchev–Trinajstić information content (AvgIpc) is 3.27. The van der Waals surface area contributed by atoms with Crippen LogP contribution in [0.3, 0.4) is 0 Å². The molecule has 0 amide bonds. The Morgan fingerprint density at radius 1 is 1.22 bits per heavy atom. The van der Waals surface area contributed by atoms with E-state index in [9.17, 15) is 23.1 Å². The van der Waals surface area contributed by atoms with Crippen LogP contribution in [0.4, 0.5) is 13.2 Å². The van der Waals surface area contributed by atoms with Gasteiger partial charge in [-0.3, -0.25) is 4.90 Å². The van der Waals surface area contributed by atoms with Crippen molar-refractivity contribution in [2.45, 2.75) is 38.5 Å². The molecule has 212 valence electrons. The molecule has 0 atom stereocenters. The maximum Gasteiger partial charge on any atom is 0.387 e. The molecule has 1 aliphatic heterocycles. The van der Waals surface area contributed by atoms with Gasteiger partial charge in [0, 0.05) is 42.6 Å². The number of fused-ring (bicyclic) bond motifs is 1. The van der Waals surface area contributed by atoms with Crippen LogP contribution in [0.15, 0.2) is 42.6 Å². The van der Waals surface area contributed by atoms with Crippen LogP contribution in [0, 0.1) is 17.1 Å². The van der Waals surface area contributed by atoms with Gasteiger partial charge >= 0.3 is 12.6 Å². The number of aromatic nitrogens is 4. The largest absolute Gasteiger partial charge is 0.478 e. The maximum atomic E-state index is 14.1. The molecule has 1 aromatic carbocycles. The molecule has 1 fully saturated rings. The van der Waals surface area contributed by atoms with Crippen molar-refractivity contribution >= 4 is 17.0 Å². The number of nitrogens with zero attached hydrogens (tertiary/aromatic N) is 6. The summed E-state index contributed by atoms with van der Waals surface area (Å²) in [6.45, 7) is -1.30. The third-order valence-corrected chi connectivity index (χ3v) is 7.04. The van der Waals surface area contributed by atoms with E-state index in [1.165, 1.54) is 12.3 Å². The van der Waals surface area contributed by atoms with Crippen LogP contribution in [-0.2, 0) is 20.2 Å². The summed E-state index contributed by atoms with van der Waals surface area (Å²) in [5, 5.41) is 18.2. The van der Waals surface area contributed by atoms with Crippen LogP contribution in [0.1, 0.15) is 51.9 Å². The number of rotatable bonds is 9. The van der Waals surface area contributed by atoms with Gasteiger partial charge in [0.15, 0.2) is 5.75 Å². The highest BCUT2D eigenvalue weighted by molar-refractivity contribution is 5.95. The molecule has 13 heteroatoms. The van der Waals surface area contributed by atoms with E-state index in [0.29, 0.717) is 23.8 Å². The molecule has 3 aromatic heterocycles. The van der Waals surface area contributed by atoms with Crippen molar-refractivity contribution in [3.8, 4) is 17.7 Å². The smallest absolute Gasteiger partial charge is 0.387 e. The molecule has 0 saturated carbocycles. The van der Waals surface area contributed by atoms with E-state index in [-0.39, 0.29) is 40.6 Å². The molecule has 0 unspecified atom stereocenters. The number of pyridine rings is 2. The Hall–Kier alpha value is -4.70. The van der Waals surface area contributed by atoms with E-state index in [1.54, 1.807) is 23.8 Å². The Kier molecular flexibility index (Phi) is 8.02. The first-order chi connectivity index (χ1) is 19.7. The van der Waals surface area contributed by atoms with Gasteiger partial charge in [0.25, 0.3) is 0 Å². The zero-order valence-electron chi connectivity index (χ0n) is 21.9.